The fourth-order valence-corrected chi connectivity index (χ4v) is 1.69. The van der Waals surface area contributed by atoms with Gasteiger partial charge in [0.2, 0.25) is 0 Å². The molecule has 0 spiro atoms. The minimum absolute atomic E-state index is 0.0789. The van der Waals surface area contributed by atoms with Crippen LogP contribution in [-0.4, -0.2) is 81.5 Å². The third-order valence-corrected chi connectivity index (χ3v) is 2.23. The summed E-state index contributed by atoms with van der Waals surface area (Å²) in [6.07, 6.45) is 0.122. The molecule has 5 nitrogen and oxygen atoms in total. The van der Waals surface area contributed by atoms with Crippen molar-refractivity contribution in [1.82, 2.24) is 19.6 Å². The summed E-state index contributed by atoms with van der Waals surface area (Å²) in [6, 6.07) is 0. The van der Waals surface area contributed by atoms with Gasteiger partial charge in [0.1, 0.15) is 12.6 Å². The second kappa shape index (κ2) is 5.63. The van der Waals surface area contributed by atoms with E-state index >= 15 is 0 Å². The quantitative estimate of drug-likeness (QED) is 0.588. The minimum Gasteiger partial charge on any atom is -0.303 e. The summed E-state index contributed by atoms with van der Waals surface area (Å²) < 4.78 is 0. The molecule has 0 aliphatic rings. The van der Waals surface area contributed by atoms with E-state index in [9.17, 15) is 0 Å². The molecule has 0 aliphatic heterocycles. The van der Waals surface area contributed by atoms with Crippen molar-refractivity contribution >= 4 is 0 Å². The van der Waals surface area contributed by atoms with Gasteiger partial charge in [-0.3, -0.25) is 19.6 Å². The number of rotatable bonds is 5. The van der Waals surface area contributed by atoms with Crippen molar-refractivity contribution in [1.29, 1.82) is 0 Å². The van der Waals surface area contributed by atoms with Gasteiger partial charge < -0.3 is 5.73 Å². The number of hydrogen-bond acceptors (Lipinski definition) is 5. The maximum Gasteiger partial charge on any atom is 0.120 e. The maximum absolute atomic E-state index is 6.04. The van der Waals surface area contributed by atoms with Crippen LogP contribution in [0.25, 0.3) is 0 Å². The molecule has 1 atom stereocenters. The van der Waals surface area contributed by atoms with Crippen LogP contribution in [0.2, 0.25) is 0 Å². The molecule has 0 saturated heterocycles. The van der Waals surface area contributed by atoms with E-state index in [-0.39, 0.29) is 12.6 Å². The van der Waals surface area contributed by atoms with Gasteiger partial charge in [0.25, 0.3) is 0 Å². The SMILES string of the molecule is CN(C)C(N)N(C)C(N(C)C)N(C)C. The average Bonchev–Trinajstić information content (AvgIpc) is 2.01. The highest BCUT2D eigenvalue weighted by molar-refractivity contribution is 4.67. The molecular weight excluding hydrogens is 178 g/mol. The Morgan fingerprint density at radius 1 is 0.714 bits per heavy atom. The van der Waals surface area contributed by atoms with Crippen LogP contribution in [0.5, 0.6) is 0 Å². The molecular formula is C9H25N5. The number of hydrogen-bond donors (Lipinski definition) is 1. The summed E-state index contributed by atoms with van der Waals surface area (Å²) in [5, 5.41) is 0. The predicted octanol–water partition coefficient (Wildman–Crippen LogP) is -0.871. The minimum atomic E-state index is -0.0789. The van der Waals surface area contributed by atoms with Crippen molar-refractivity contribution in [2.45, 2.75) is 12.6 Å². The van der Waals surface area contributed by atoms with Gasteiger partial charge in [0.05, 0.1) is 0 Å². The zero-order valence-corrected chi connectivity index (χ0v) is 10.5. The van der Waals surface area contributed by atoms with Crippen molar-refractivity contribution in [3.63, 3.8) is 0 Å². The highest BCUT2D eigenvalue weighted by Crippen LogP contribution is 2.05. The van der Waals surface area contributed by atoms with Gasteiger partial charge in [0, 0.05) is 0 Å². The van der Waals surface area contributed by atoms with Gasteiger partial charge in [0.15, 0.2) is 0 Å². The summed E-state index contributed by atoms with van der Waals surface area (Å²) in [5.41, 5.74) is 6.04. The molecule has 0 saturated carbocycles. The Balaban J connectivity index is 4.51. The molecule has 0 amide bonds. The van der Waals surface area contributed by atoms with E-state index in [1.54, 1.807) is 0 Å². The highest BCUT2D eigenvalue weighted by atomic mass is 15.5. The Kier molecular flexibility index (Phi) is 5.54. The van der Waals surface area contributed by atoms with Gasteiger partial charge in [-0.05, 0) is 49.3 Å². The van der Waals surface area contributed by atoms with Crippen LogP contribution in [0.15, 0.2) is 0 Å². The summed E-state index contributed by atoms with van der Waals surface area (Å²) in [7, 11) is 14.2. The van der Waals surface area contributed by atoms with Crippen LogP contribution < -0.4 is 5.73 Å². The van der Waals surface area contributed by atoms with Gasteiger partial charge in [-0.25, -0.2) is 0 Å². The average molecular weight is 203 g/mol. The Bertz CT molecular complexity index is 149. The van der Waals surface area contributed by atoms with Crippen LogP contribution in [0.4, 0.5) is 0 Å². The van der Waals surface area contributed by atoms with Crippen LogP contribution in [0, 0.1) is 0 Å². The van der Waals surface area contributed by atoms with Crippen molar-refractivity contribution in [3.8, 4) is 0 Å². The van der Waals surface area contributed by atoms with E-state index in [0.717, 1.165) is 0 Å². The Labute approximate surface area is 88.0 Å². The summed E-state index contributed by atoms with van der Waals surface area (Å²) in [6.45, 7) is 0. The van der Waals surface area contributed by atoms with E-state index in [1.807, 2.05) is 54.2 Å². The second-order valence-corrected chi connectivity index (χ2v) is 4.32. The number of nitrogens with zero attached hydrogens (tertiary/aromatic N) is 4. The van der Waals surface area contributed by atoms with E-state index in [4.69, 9.17) is 5.73 Å². The van der Waals surface area contributed by atoms with Crippen LogP contribution in [-0.2, 0) is 0 Å². The largest absolute Gasteiger partial charge is 0.303 e. The van der Waals surface area contributed by atoms with Gasteiger partial charge in [-0.2, -0.15) is 0 Å². The first-order valence-corrected chi connectivity index (χ1v) is 4.75. The summed E-state index contributed by atoms with van der Waals surface area (Å²) in [5.74, 6) is 0. The van der Waals surface area contributed by atoms with Crippen molar-refractivity contribution < 1.29 is 0 Å². The van der Waals surface area contributed by atoms with Gasteiger partial charge >= 0.3 is 0 Å². The first-order valence-electron chi connectivity index (χ1n) is 4.75. The van der Waals surface area contributed by atoms with E-state index in [2.05, 4.69) is 14.7 Å². The standard InChI is InChI=1S/C9H25N5/c1-11(2)8(10)14(7)9(12(3)4)13(5)6/h8-9H,10H2,1-7H3. The molecule has 5 heteroatoms. The van der Waals surface area contributed by atoms with E-state index < -0.39 is 0 Å². The molecule has 0 heterocycles. The van der Waals surface area contributed by atoms with E-state index in [0.29, 0.717) is 0 Å². The summed E-state index contributed by atoms with van der Waals surface area (Å²) >= 11 is 0. The summed E-state index contributed by atoms with van der Waals surface area (Å²) in [4.78, 5) is 8.35. The van der Waals surface area contributed by atoms with Crippen molar-refractivity contribution in [2.24, 2.45) is 5.73 Å². The maximum atomic E-state index is 6.04. The first-order chi connectivity index (χ1) is 6.29. The van der Waals surface area contributed by atoms with Crippen molar-refractivity contribution in [2.75, 3.05) is 49.3 Å². The second-order valence-electron chi connectivity index (χ2n) is 4.32. The molecule has 0 bridgehead atoms. The lowest BCUT2D eigenvalue weighted by molar-refractivity contribution is -0.0629. The monoisotopic (exact) mass is 203 g/mol. The molecule has 0 aromatic heterocycles. The third kappa shape index (κ3) is 3.51. The van der Waals surface area contributed by atoms with Crippen LogP contribution in [0.3, 0.4) is 0 Å². The Hall–Kier alpha value is -0.200. The Morgan fingerprint density at radius 2 is 1.07 bits per heavy atom. The van der Waals surface area contributed by atoms with Crippen molar-refractivity contribution in [3.05, 3.63) is 0 Å². The molecule has 2 N–H and O–H groups in total. The first kappa shape index (κ1) is 13.8. The lowest BCUT2D eigenvalue weighted by Crippen LogP contribution is -2.61. The fraction of sp³-hybridized carbons (Fsp3) is 1.00. The normalized spacial score (nSPS) is 15.2. The molecule has 0 aromatic rings. The molecule has 86 valence electrons. The zero-order chi connectivity index (χ0) is 11.5. The molecule has 0 aromatic carbocycles. The van der Waals surface area contributed by atoms with Gasteiger partial charge in [-0.1, -0.05) is 0 Å². The van der Waals surface area contributed by atoms with Crippen LogP contribution >= 0.6 is 0 Å². The predicted molar refractivity (Wildman–Crippen MR) is 60.6 cm³/mol. The molecule has 0 aliphatic carbocycles. The van der Waals surface area contributed by atoms with E-state index in [1.165, 1.54) is 0 Å². The molecule has 1 unspecified atom stereocenters. The lowest BCUT2D eigenvalue weighted by atomic mass is 10.5. The smallest absolute Gasteiger partial charge is 0.120 e. The highest BCUT2D eigenvalue weighted by Gasteiger charge is 2.24. The third-order valence-electron chi connectivity index (χ3n) is 2.23. The topological polar surface area (TPSA) is 39.0 Å². The number of nitrogens with two attached hydrogens (primary N) is 1. The van der Waals surface area contributed by atoms with Gasteiger partial charge in [-0.15, -0.1) is 0 Å². The molecule has 0 rings (SSSR count). The molecule has 0 radical (unpaired) electrons. The molecule has 0 fully saturated rings. The fourth-order valence-electron chi connectivity index (χ4n) is 1.69. The Morgan fingerprint density at radius 3 is 1.29 bits per heavy atom. The lowest BCUT2D eigenvalue weighted by Gasteiger charge is -2.42. The zero-order valence-electron chi connectivity index (χ0n) is 10.5. The van der Waals surface area contributed by atoms with Crippen LogP contribution in [0.1, 0.15) is 0 Å². The molecule has 14 heavy (non-hydrogen) atoms.